The van der Waals surface area contributed by atoms with E-state index in [2.05, 4.69) is 24.3 Å². The fourth-order valence-corrected chi connectivity index (χ4v) is 8.15. The van der Waals surface area contributed by atoms with Crippen LogP contribution in [0.3, 0.4) is 0 Å². The third kappa shape index (κ3) is 7.09. The number of aromatic nitrogens is 2. The molecule has 232 valence electrons. The van der Waals surface area contributed by atoms with Gasteiger partial charge in [-0.25, -0.2) is 13.2 Å². The highest BCUT2D eigenvalue weighted by Crippen LogP contribution is 2.40. The number of carbonyl (C=O) groups is 1. The summed E-state index contributed by atoms with van der Waals surface area (Å²) in [6.45, 7) is 8.20. The fourth-order valence-electron chi connectivity index (χ4n) is 5.73. The number of piperidine rings is 1. The number of sulfonamides is 1. The Labute approximate surface area is 268 Å². The van der Waals surface area contributed by atoms with Crippen molar-refractivity contribution in [2.45, 2.75) is 70.4 Å². The Hall–Kier alpha value is -2.50. The van der Waals surface area contributed by atoms with Crippen LogP contribution in [0.1, 0.15) is 63.3 Å². The van der Waals surface area contributed by atoms with Crippen LogP contribution in [0, 0.1) is 12.8 Å². The van der Waals surface area contributed by atoms with E-state index in [0.29, 0.717) is 53.0 Å². The van der Waals surface area contributed by atoms with E-state index in [-0.39, 0.29) is 22.4 Å². The summed E-state index contributed by atoms with van der Waals surface area (Å²) in [4.78, 5) is 15.7. The lowest BCUT2D eigenvalue weighted by Gasteiger charge is -2.27. The van der Waals surface area contributed by atoms with Gasteiger partial charge < -0.3 is 15.0 Å². The van der Waals surface area contributed by atoms with Gasteiger partial charge in [0.15, 0.2) is 5.75 Å². The summed E-state index contributed by atoms with van der Waals surface area (Å²) in [6, 6.07) is 8.58. The molecule has 1 atom stereocenters. The molecule has 0 radical (unpaired) electrons. The van der Waals surface area contributed by atoms with Crippen LogP contribution in [-0.4, -0.2) is 53.1 Å². The van der Waals surface area contributed by atoms with E-state index in [1.54, 1.807) is 33.8 Å². The predicted octanol–water partition coefficient (Wildman–Crippen LogP) is 8.14. The molecule has 1 aromatic heterocycles. The number of nitrogens with zero attached hydrogens (tertiary/aromatic N) is 4. The number of ether oxygens (including phenoxy) is 1. The van der Waals surface area contributed by atoms with Crippen LogP contribution in [0.5, 0.6) is 11.5 Å². The molecule has 0 aliphatic carbocycles. The number of hydrogen-bond acceptors (Lipinski definition) is 5. The topological polar surface area (TPSA) is 96.8 Å². The van der Waals surface area contributed by atoms with Crippen LogP contribution < -0.4 is 10.1 Å². The Bertz CT molecular complexity index is 1580. The van der Waals surface area contributed by atoms with Crippen LogP contribution in [0.4, 0.5) is 10.5 Å². The van der Waals surface area contributed by atoms with E-state index in [0.717, 1.165) is 43.4 Å². The highest BCUT2D eigenvalue weighted by molar-refractivity contribution is 7.89. The minimum absolute atomic E-state index is 0.0769. The maximum Gasteiger partial charge on any atom is 0.322 e. The number of nitrogens with one attached hydrogen (secondary N) is 1. The molecule has 2 aliphatic heterocycles. The minimum atomic E-state index is -3.77. The summed E-state index contributed by atoms with van der Waals surface area (Å²) >= 11 is 19.2. The molecule has 5 rings (SSSR count). The molecule has 0 bridgehead atoms. The fraction of sp³-hybridized carbons (Fsp3) is 0.467. The number of rotatable bonds is 8. The van der Waals surface area contributed by atoms with Gasteiger partial charge in [0.2, 0.25) is 10.0 Å². The number of anilines is 1. The zero-order valence-electron chi connectivity index (χ0n) is 24.4. The first-order chi connectivity index (χ1) is 20.4. The second-order valence-electron chi connectivity index (χ2n) is 11.5. The Balaban J connectivity index is 1.47. The van der Waals surface area contributed by atoms with Crippen LogP contribution in [0.25, 0.3) is 0 Å². The molecule has 3 heterocycles. The molecule has 43 heavy (non-hydrogen) atoms. The second kappa shape index (κ2) is 13.2. The number of likely N-dealkylation sites (tertiary alicyclic amines) is 1. The summed E-state index contributed by atoms with van der Waals surface area (Å²) in [5.41, 5.74) is 1.83. The molecule has 2 aliphatic rings. The molecule has 13 heteroatoms. The Morgan fingerprint density at radius 1 is 1.02 bits per heavy atom. The Kier molecular flexibility index (Phi) is 9.83. The molecule has 9 nitrogen and oxygen atoms in total. The van der Waals surface area contributed by atoms with Crippen LogP contribution in [-0.2, 0) is 16.6 Å². The van der Waals surface area contributed by atoms with Crippen molar-refractivity contribution >= 4 is 56.5 Å². The molecule has 1 unspecified atom stereocenters. The van der Waals surface area contributed by atoms with Gasteiger partial charge in [-0.05, 0) is 74.9 Å². The van der Waals surface area contributed by atoms with Gasteiger partial charge >= 0.3 is 6.03 Å². The molecule has 2 fully saturated rings. The van der Waals surface area contributed by atoms with Crippen molar-refractivity contribution in [3.8, 4) is 11.5 Å². The number of amides is 2. The summed E-state index contributed by atoms with van der Waals surface area (Å²) in [7, 11) is -3.77. The average molecular weight is 669 g/mol. The summed E-state index contributed by atoms with van der Waals surface area (Å²) in [5, 5.41) is 8.87. The number of benzene rings is 2. The number of hydrogen-bond donors (Lipinski definition) is 1. The molecule has 3 aromatic rings. The highest BCUT2D eigenvalue weighted by atomic mass is 35.5. The zero-order chi connectivity index (χ0) is 30.9. The smallest absolute Gasteiger partial charge is 0.322 e. The van der Waals surface area contributed by atoms with Crippen molar-refractivity contribution in [1.29, 1.82) is 0 Å². The van der Waals surface area contributed by atoms with E-state index in [1.807, 2.05) is 6.92 Å². The quantitative estimate of drug-likeness (QED) is 0.261. The third-order valence-corrected chi connectivity index (χ3v) is 10.4. The first-order valence-corrected chi connectivity index (χ1v) is 17.1. The van der Waals surface area contributed by atoms with E-state index in [4.69, 9.17) is 39.5 Å². The largest absolute Gasteiger partial charge is 0.455 e. The SMILES string of the molecule is Cc1nn(CC(C)C)c(Cl)c1C1CCCN1C(=O)Nc1cc(S(=O)(=O)N2CCCCC2)ccc1Oc1cc(Cl)cc(Cl)c1. The molecule has 2 saturated heterocycles. The highest BCUT2D eigenvalue weighted by Gasteiger charge is 2.35. The van der Waals surface area contributed by atoms with Gasteiger partial charge in [0, 0.05) is 41.8 Å². The Morgan fingerprint density at radius 2 is 1.72 bits per heavy atom. The molecule has 0 spiro atoms. The summed E-state index contributed by atoms with van der Waals surface area (Å²) in [6.07, 6.45) is 4.14. The van der Waals surface area contributed by atoms with Gasteiger partial charge in [0.1, 0.15) is 10.9 Å². The lowest BCUT2D eigenvalue weighted by atomic mass is 10.1. The average Bonchev–Trinajstić information content (AvgIpc) is 3.52. The summed E-state index contributed by atoms with van der Waals surface area (Å²) < 4.78 is 36.4. The van der Waals surface area contributed by atoms with Gasteiger partial charge in [-0.1, -0.05) is 55.1 Å². The van der Waals surface area contributed by atoms with Crippen molar-refractivity contribution in [2.75, 3.05) is 25.0 Å². The van der Waals surface area contributed by atoms with Crippen molar-refractivity contribution in [1.82, 2.24) is 19.0 Å². The lowest BCUT2D eigenvalue weighted by molar-refractivity contribution is 0.207. The number of carbonyl (C=O) groups excluding carboxylic acids is 1. The lowest BCUT2D eigenvalue weighted by Crippen LogP contribution is -2.36. The molecular weight excluding hydrogens is 633 g/mol. The first-order valence-electron chi connectivity index (χ1n) is 14.5. The standard InChI is InChI=1S/C30H36Cl3N5O4S/c1-19(2)18-38-29(33)28(20(3)35-38)26-8-7-13-37(26)30(39)34-25-17-24(43(40,41)36-11-5-4-6-12-36)9-10-27(25)42-23-15-21(31)14-22(32)16-23/h9-10,14-17,19,26H,4-8,11-13,18H2,1-3H3,(H,34,39). The first kappa shape index (κ1) is 31.9. The second-order valence-corrected chi connectivity index (χ2v) is 14.6. The maximum atomic E-state index is 13.9. The van der Waals surface area contributed by atoms with Crippen molar-refractivity contribution in [3.05, 3.63) is 62.9 Å². The van der Waals surface area contributed by atoms with Crippen molar-refractivity contribution in [3.63, 3.8) is 0 Å². The van der Waals surface area contributed by atoms with E-state index < -0.39 is 16.1 Å². The van der Waals surface area contributed by atoms with Gasteiger partial charge in [-0.15, -0.1) is 0 Å². The van der Waals surface area contributed by atoms with E-state index in [9.17, 15) is 13.2 Å². The third-order valence-electron chi connectivity index (χ3n) is 7.70. The summed E-state index contributed by atoms with van der Waals surface area (Å²) in [5.74, 6) is 0.951. The minimum Gasteiger partial charge on any atom is -0.455 e. The maximum absolute atomic E-state index is 13.9. The van der Waals surface area contributed by atoms with Gasteiger partial charge in [-0.2, -0.15) is 9.40 Å². The molecule has 0 saturated carbocycles. The van der Waals surface area contributed by atoms with Crippen molar-refractivity contribution < 1.29 is 17.9 Å². The molecule has 1 N–H and O–H groups in total. The van der Waals surface area contributed by atoms with Gasteiger partial charge in [-0.3, -0.25) is 4.68 Å². The monoisotopic (exact) mass is 667 g/mol. The molecular formula is C30H36Cl3N5O4S. The zero-order valence-corrected chi connectivity index (χ0v) is 27.5. The molecule has 2 aromatic carbocycles. The normalized spacial score (nSPS) is 17.9. The number of halogens is 3. The van der Waals surface area contributed by atoms with Crippen LogP contribution in [0.15, 0.2) is 41.3 Å². The number of urea groups is 1. The van der Waals surface area contributed by atoms with E-state index >= 15 is 0 Å². The van der Waals surface area contributed by atoms with Gasteiger partial charge in [0.25, 0.3) is 0 Å². The van der Waals surface area contributed by atoms with Gasteiger partial charge in [0.05, 0.1) is 22.3 Å². The number of aryl methyl sites for hydroxylation is 1. The van der Waals surface area contributed by atoms with Crippen molar-refractivity contribution in [2.24, 2.45) is 5.92 Å². The van der Waals surface area contributed by atoms with Crippen LogP contribution >= 0.6 is 34.8 Å². The van der Waals surface area contributed by atoms with Crippen LogP contribution in [0.2, 0.25) is 15.2 Å². The Morgan fingerprint density at radius 3 is 2.40 bits per heavy atom. The predicted molar refractivity (Wildman–Crippen MR) is 170 cm³/mol. The van der Waals surface area contributed by atoms with E-state index in [1.165, 1.54) is 16.4 Å². The molecule has 2 amide bonds.